The first-order valence-electron chi connectivity index (χ1n) is 5.94. The van der Waals surface area contributed by atoms with Crippen molar-refractivity contribution < 1.29 is 2.85 Å². The normalized spacial score (nSPS) is 8.11. The zero-order chi connectivity index (χ0) is 11.6. The third-order valence-corrected chi connectivity index (χ3v) is 2.50. The molecule has 0 saturated heterocycles. The van der Waals surface area contributed by atoms with Crippen LogP contribution in [0.2, 0.25) is 0 Å². The van der Waals surface area contributed by atoms with E-state index in [-0.39, 0.29) is 39.1 Å². The summed E-state index contributed by atoms with van der Waals surface area (Å²) in [5.74, 6) is 0. The van der Waals surface area contributed by atoms with Crippen molar-refractivity contribution in [3.8, 4) is 0 Å². The molecule has 2 aromatic rings. The van der Waals surface area contributed by atoms with Crippen LogP contribution >= 0.6 is 0 Å². The van der Waals surface area contributed by atoms with Crippen molar-refractivity contribution in [2.45, 2.75) is 26.7 Å². The molecule has 2 aromatic carbocycles. The Morgan fingerprint density at radius 1 is 0.667 bits per heavy atom. The first kappa shape index (κ1) is 19.9. The zero-order valence-corrected chi connectivity index (χ0v) is 10.2. The Morgan fingerprint density at radius 2 is 0.944 bits per heavy atom. The van der Waals surface area contributed by atoms with Crippen molar-refractivity contribution in [2.24, 2.45) is 0 Å². The Bertz CT molecular complexity index is 343. The van der Waals surface area contributed by atoms with Crippen LogP contribution in [-0.4, -0.2) is 36.2 Å². The minimum absolute atomic E-state index is 0. The van der Waals surface area contributed by atoms with Gasteiger partial charge < -0.3 is 0 Å². The van der Waals surface area contributed by atoms with E-state index in [1.165, 1.54) is 11.1 Å². The second-order valence-corrected chi connectivity index (χ2v) is 3.68. The average molecular weight is 254 g/mol. The van der Waals surface area contributed by atoms with Gasteiger partial charge in [0.1, 0.15) is 0 Å². The molecule has 96 valence electrons. The van der Waals surface area contributed by atoms with Crippen LogP contribution < -0.4 is 0 Å². The molecule has 0 aromatic heterocycles. The summed E-state index contributed by atoms with van der Waals surface area (Å²) in [4.78, 5) is 0. The van der Waals surface area contributed by atoms with Gasteiger partial charge in [0.25, 0.3) is 0 Å². The molecule has 18 heavy (non-hydrogen) atoms. The van der Waals surface area contributed by atoms with Gasteiger partial charge in [0.2, 0.25) is 0 Å². The summed E-state index contributed by atoms with van der Waals surface area (Å²) in [6.45, 7) is 4.32. The Hall–Kier alpha value is -0.430. The fraction of sp³-hybridized carbons (Fsp3) is 0.250. The summed E-state index contributed by atoms with van der Waals surface area (Å²) in [5, 5.41) is 0. The van der Waals surface area contributed by atoms with Crippen LogP contribution in [0, 0.1) is 0 Å². The van der Waals surface area contributed by atoms with Crippen LogP contribution in [0.15, 0.2) is 60.7 Å². The van der Waals surface area contributed by atoms with Crippen molar-refractivity contribution in [1.29, 1.82) is 0 Å². The molecular weight excluding hydrogens is 226 g/mol. The predicted octanol–water partition coefficient (Wildman–Crippen LogP) is 3.16. The molecule has 0 nitrogen and oxygen atoms in total. The van der Waals surface area contributed by atoms with Crippen molar-refractivity contribution in [1.82, 2.24) is 0 Å². The van der Waals surface area contributed by atoms with E-state index in [1.54, 1.807) is 0 Å². The number of aryl methyl sites for hydroxylation is 2. The van der Waals surface area contributed by atoms with Gasteiger partial charge in [0.15, 0.2) is 17.4 Å². The van der Waals surface area contributed by atoms with E-state index in [0.29, 0.717) is 0 Å². The van der Waals surface area contributed by atoms with Crippen LogP contribution in [0.1, 0.15) is 27.8 Å². The van der Waals surface area contributed by atoms with E-state index in [9.17, 15) is 0 Å². The quantitative estimate of drug-likeness (QED) is 0.722. The maximum absolute atomic E-state index is 2.16. The Morgan fingerprint density at radius 3 is 1.11 bits per heavy atom. The zero-order valence-electron chi connectivity index (χ0n) is 10.2. The predicted molar refractivity (Wildman–Crippen MR) is 93.0 cm³/mol. The van der Waals surface area contributed by atoms with E-state index in [2.05, 4.69) is 62.4 Å². The second-order valence-electron chi connectivity index (χ2n) is 3.68. The van der Waals surface area contributed by atoms with E-state index in [0.717, 1.165) is 12.8 Å². The van der Waals surface area contributed by atoms with Gasteiger partial charge in [0, 0.05) is 2.85 Å². The summed E-state index contributed by atoms with van der Waals surface area (Å²) >= 11 is 0. The maximum atomic E-state index is 2.16. The molecular formula is C16H28AlLi. The molecule has 2 heteroatoms. The van der Waals surface area contributed by atoms with Crippen LogP contribution in [-0.2, 0) is 12.8 Å². The molecule has 0 atom stereocenters. The fourth-order valence-electron chi connectivity index (χ4n) is 1.43. The summed E-state index contributed by atoms with van der Waals surface area (Å²) in [7, 11) is 0. The topological polar surface area (TPSA) is 0 Å². The van der Waals surface area contributed by atoms with E-state index in [1.807, 2.05) is 12.1 Å². The molecule has 0 saturated carbocycles. The summed E-state index contributed by atoms with van der Waals surface area (Å²) in [6.07, 6.45) is 2.28. The molecule has 0 spiro atoms. The number of rotatable bonds is 2. The molecule has 0 fully saturated rings. The van der Waals surface area contributed by atoms with E-state index >= 15 is 0 Å². The van der Waals surface area contributed by atoms with Crippen LogP contribution in [0.5, 0.6) is 0 Å². The van der Waals surface area contributed by atoms with Crippen LogP contribution in [0.3, 0.4) is 0 Å². The summed E-state index contributed by atoms with van der Waals surface area (Å²) < 4.78 is 0. The van der Waals surface area contributed by atoms with Gasteiger partial charge in [-0.2, -0.15) is 0 Å². The fourth-order valence-corrected chi connectivity index (χ4v) is 1.43. The van der Waals surface area contributed by atoms with E-state index < -0.39 is 0 Å². The molecule has 0 N–H and O–H groups in total. The SMILES string of the molecule is CCc1ccccc1.CCc1ccccc1.[AlH3].[HH].[HH].[LiH]. The van der Waals surface area contributed by atoms with Gasteiger partial charge in [-0.3, -0.25) is 0 Å². The minimum atomic E-state index is 0. The Labute approximate surface area is 137 Å². The van der Waals surface area contributed by atoms with E-state index in [4.69, 9.17) is 0 Å². The monoisotopic (exact) mass is 254 g/mol. The third kappa shape index (κ3) is 8.63. The van der Waals surface area contributed by atoms with Gasteiger partial charge in [-0.05, 0) is 24.0 Å². The first-order valence-corrected chi connectivity index (χ1v) is 5.94. The van der Waals surface area contributed by atoms with Gasteiger partial charge in [-0.1, -0.05) is 74.5 Å². The molecule has 0 aliphatic rings. The number of hydrogen-bond acceptors (Lipinski definition) is 0. The molecule has 2 rings (SSSR count). The molecule has 0 aliphatic carbocycles. The number of hydrogen-bond donors (Lipinski definition) is 0. The molecule has 0 amide bonds. The molecule has 0 radical (unpaired) electrons. The van der Waals surface area contributed by atoms with Crippen molar-refractivity contribution in [3.63, 3.8) is 0 Å². The van der Waals surface area contributed by atoms with Gasteiger partial charge in [-0.15, -0.1) is 0 Å². The Balaban J connectivity index is -0.000000107. The Kier molecular flexibility index (Phi) is 14.4. The first-order chi connectivity index (χ1) is 7.86. The third-order valence-electron chi connectivity index (χ3n) is 2.50. The van der Waals surface area contributed by atoms with Crippen LogP contribution in [0.25, 0.3) is 0 Å². The van der Waals surface area contributed by atoms with Gasteiger partial charge in [-0.25, -0.2) is 0 Å². The standard InChI is InChI=1S/2C8H10.Al.Li.2H2.4H/c2*1-2-8-6-4-3-5-7-8;;;;;;;;/h2*3-7H,2H2,1H3;;;2*1H;;;;. The molecule has 0 unspecified atom stereocenters. The summed E-state index contributed by atoms with van der Waals surface area (Å²) in [5.41, 5.74) is 2.82. The molecule has 0 heterocycles. The van der Waals surface area contributed by atoms with Crippen LogP contribution in [0.4, 0.5) is 0 Å². The summed E-state index contributed by atoms with van der Waals surface area (Å²) in [6, 6.07) is 20.9. The number of benzene rings is 2. The van der Waals surface area contributed by atoms with Crippen molar-refractivity contribution in [3.05, 3.63) is 71.8 Å². The van der Waals surface area contributed by atoms with Crippen molar-refractivity contribution in [2.75, 3.05) is 0 Å². The average Bonchev–Trinajstić information content (AvgIpc) is 2.41. The molecule has 0 bridgehead atoms. The van der Waals surface area contributed by atoms with Gasteiger partial charge in [0.05, 0.1) is 0 Å². The second kappa shape index (κ2) is 13.0. The van der Waals surface area contributed by atoms with Crippen molar-refractivity contribution >= 4 is 36.2 Å². The van der Waals surface area contributed by atoms with Gasteiger partial charge >= 0.3 is 18.9 Å². The molecule has 0 aliphatic heterocycles.